The Labute approximate surface area is 195 Å². The van der Waals surface area contributed by atoms with Crippen molar-refractivity contribution in [3.05, 3.63) is 42.0 Å². The average Bonchev–Trinajstić information content (AvgIpc) is 2.84. The molecule has 2 saturated heterocycles. The van der Waals surface area contributed by atoms with Gasteiger partial charge in [0, 0.05) is 64.0 Å². The molecule has 0 radical (unpaired) electrons. The molecule has 3 heterocycles. The molecule has 1 aliphatic carbocycles. The fraction of sp³-hybridized carbons (Fsp3) is 0.520. The summed E-state index contributed by atoms with van der Waals surface area (Å²) >= 11 is 0. The molecule has 8 heteroatoms. The summed E-state index contributed by atoms with van der Waals surface area (Å²) < 4.78 is 0. The van der Waals surface area contributed by atoms with Crippen LogP contribution in [0.1, 0.15) is 24.8 Å². The Kier molecular flexibility index (Phi) is 6.51. The molecule has 0 spiro atoms. The van der Waals surface area contributed by atoms with E-state index in [1.165, 1.54) is 19.3 Å². The van der Waals surface area contributed by atoms with Gasteiger partial charge in [0.05, 0.1) is 23.9 Å². The van der Waals surface area contributed by atoms with Crippen molar-refractivity contribution in [2.24, 2.45) is 0 Å². The van der Waals surface area contributed by atoms with Gasteiger partial charge in [-0.15, -0.1) is 10.2 Å². The third-order valence-corrected chi connectivity index (χ3v) is 7.27. The lowest BCUT2D eigenvalue weighted by Gasteiger charge is -2.43. The third kappa shape index (κ3) is 5.00. The Bertz CT molecular complexity index is 981. The van der Waals surface area contributed by atoms with Crippen molar-refractivity contribution in [1.29, 1.82) is 5.26 Å². The number of nitrogens with zero attached hydrogens (tertiary/aromatic N) is 7. The lowest BCUT2D eigenvalue weighted by molar-refractivity contribution is -0.134. The summed E-state index contributed by atoms with van der Waals surface area (Å²) in [7, 11) is 0. The van der Waals surface area contributed by atoms with Gasteiger partial charge in [-0.2, -0.15) is 5.26 Å². The topological polar surface area (TPSA) is 79.6 Å². The van der Waals surface area contributed by atoms with Crippen molar-refractivity contribution in [1.82, 2.24) is 24.9 Å². The first-order valence-electron chi connectivity index (χ1n) is 12.0. The molecule has 1 saturated carbocycles. The number of carbonyl (C=O) groups excluding carboxylic acids is 1. The second-order valence-electron chi connectivity index (χ2n) is 9.23. The Balaban J connectivity index is 1.08. The first-order valence-corrected chi connectivity index (χ1v) is 12.0. The molecular weight excluding hydrogens is 414 g/mol. The number of hydrogen-bond donors (Lipinski definition) is 0. The van der Waals surface area contributed by atoms with Crippen molar-refractivity contribution in [2.45, 2.75) is 25.3 Å². The molecule has 2 aromatic rings. The van der Waals surface area contributed by atoms with E-state index in [1.807, 2.05) is 24.3 Å². The maximum absolute atomic E-state index is 12.8. The zero-order chi connectivity index (χ0) is 22.6. The van der Waals surface area contributed by atoms with E-state index in [0.29, 0.717) is 12.1 Å². The minimum absolute atomic E-state index is 0.267. The fourth-order valence-corrected chi connectivity index (χ4v) is 4.88. The molecule has 1 aromatic heterocycles. The molecule has 0 bridgehead atoms. The molecule has 1 amide bonds. The highest BCUT2D eigenvalue weighted by atomic mass is 16.2. The van der Waals surface area contributed by atoms with Gasteiger partial charge in [0.25, 0.3) is 0 Å². The molecule has 1 aromatic carbocycles. The standard InChI is InChI=1S/C25H31N7O/c26-18-20-4-6-21(7-5-20)23-8-9-24(28-27-23)31-12-10-29(11-13-31)19-25(33)32-16-14-30(15-17-32)22-2-1-3-22/h4-9,22H,1-3,10-17,19H2. The van der Waals surface area contributed by atoms with Gasteiger partial charge in [-0.25, -0.2) is 0 Å². The van der Waals surface area contributed by atoms with Gasteiger partial charge in [-0.05, 0) is 37.1 Å². The molecule has 3 fully saturated rings. The number of aromatic nitrogens is 2. The van der Waals surface area contributed by atoms with Gasteiger partial charge in [0.2, 0.25) is 5.91 Å². The second kappa shape index (κ2) is 9.86. The monoisotopic (exact) mass is 445 g/mol. The smallest absolute Gasteiger partial charge is 0.236 e. The number of anilines is 1. The van der Waals surface area contributed by atoms with Gasteiger partial charge in [0.1, 0.15) is 0 Å². The van der Waals surface area contributed by atoms with Gasteiger partial charge < -0.3 is 9.80 Å². The summed E-state index contributed by atoms with van der Waals surface area (Å²) in [6.07, 6.45) is 4.03. The third-order valence-electron chi connectivity index (χ3n) is 7.27. The highest BCUT2D eigenvalue weighted by Crippen LogP contribution is 2.25. The van der Waals surface area contributed by atoms with Crippen LogP contribution in [0.3, 0.4) is 0 Å². The minimum atomic E-state index is 0.267. The van der Waals surface area contributed by atoms with Crippen molar-refractivity contribution < 1.29 is 4.79 Å². The van der Waals surface area contributed by atoms with Crippen LogP contribution in [0.25, 0.3) is 11.3 Å². The number of piperazine rings is 2. The van der Waals surface area contributed by atoms with Crippen LogP contribution in [-0.4, -0.2) is 95.7 Å². The van der Waals surface area contributed by atoms with E-state index in [2.05, 4.69) is 35.9 Å². The molecule has 0 N–H and O–H groups in total. The summed E-state index contributed by atoms with van der Waals surface area (Å²) in [6.45, 7) is 7.71. The van der Waals surface area contributed by atoms with Crippen LogP contribution < -0.4 is 4.90 Å². The highest BCUT2D eigenvalue weighted by molar-refractivity contribution is 5.78. The number of rotatable bonds is 5. The molecule has 172 valence electrons. The van der Waals surface area contributed by atoms with Crippen LogP contribution in [0.2, 0.25) is 0 Å². The Hall–Kier alpha value is -3.02. The van der Waals surface area contributed by atoms with E-state index in [9.17, 15) is 4.79 Å². The summed E-state index contributed by atoms with van der Waals surface area (Å²) in [4.78, 5) is 21.9. The molecule has 0 unspecified atom stereocenters. The molecule has 3 aliphatic rings. The van der Waals surface area contributed by atoms with E-state index in [1.54, 1.807) is 12.1 Å². The summed E-state index contributed by atoms with van der Waals surface area (Å²) in [5.74, 6) is 1.13. The summed E-state index contributed by atoms with van der Waals surface area (Å²) in [5.41, 5.74) is 2.38. The maximum Gasteiger partial charge on any atom is 0.236 e. The Morgan fingerprint density at radius 3 is 2.21 bits per heavy atom. The number of benzene rings is 1. The fourth-order valence-electron chi connectivity index (χ4n) is 4.88. The summed E-state index contributed by atoms with van der Waals surface area (Å²) in [5, 5.41) is 17.8. The number of hydrogen-bond acceptors (Lipinski definition) is 7. The van der Waals surface area contributed by atoms with E-state index in [0.717, 1.165) is 75.5 Å². The van der Waals surface area contributed by atoms with Gasteiger partial charge >= 0.3 is 0 Å². The van der Waals surface area contributed by atoms with Gasteiger partial charge in [-0.1, -0.05) is 18.6 Å². The van der Waals surface area contributed by atoms with E-state index in [-0.39, 0.29) is 5.91 Å². The van der Waals surface area contributed by atoms with Crippen molar-refractivity contribution in [2.75, 3.05) is 63.8 Å². The Morgan fingerprint density at radius 2 is 1.64 bits per heavy atom. The predicted octanol–water partition coefficient (Wildman–Crippen LogP) is 1.83. The molecular formula is C25H31N7O. The van der Waals surface area contributed by atoms with Crippen LogP contribution in [0.5, 0.6) is 0 Å². The quantitative estimate of drug-likeness (QED) is 0.695. The molecule has 5 rings (SSSR count). The van der Waals surface area contributed by atoms with Gasteiger partial charge in [-0.3, -0.25) is 14.6 Å². The Morgan fingerprint density at radius 1 is 0.909 bits per heavy atom. The largest absolute Gasteiger partial charge is 0.353 e. The van der Waals surface area contributed by atoms with Crippen LogP contribution in [0.15, 0.2) is 36.4 Å². The zero-order valence-electron chi connectivity index (χ0n) is 19.1. The van der Waals surface area contributed by atoms with Gasteiger partial charge in [0.15, 0.2) is 5.82 Å². The number of nitriles is 1. The van der Waals surface area contributed by atoms with Crippen LogP contribution >= 0.6 is 0 Å². The van der Waals surface area contributed by atoms with E-state index < -0.39 is 0 Å². The minimum Gasteiger partial charge on any atom is -0.353 e. The molecule has 8 nitrogen and oxygen atoms in total. The first kappa shape index (κ1) is 21.8. The molecule has 0 atom stereocenters. The van der Waals surface area contributed by atoms with Crippen LogP contribution in [0.4, 0.5) is 5.82 Å². The van der Waals surface area contributed by atoms with Crippen molar-refractivity contribution in [3.8, 4) is 17.3 Å². The van der Waals surface area contributed by atoms with Crippen LogP contribution in [0, 0.1) is 11.3 Å². The molecule has 33 heavy (non-hydrogen) atoms. The lowest BCUT2D eigenvalue weighted by atomic mass is 9.91. The number of amides is 1. The summed E-state index contributed by atoms with van der Waals surface area (Å²) in [6, 6.07) is 14.3. The predicted molar refractivity (Wildman–Crippen MR) is 127 cm³/mol. The van der Waals surface area contributed by atoms with E-state index >= 15 is 0 Å². The van der Waals surface area contributed by atoms with Crippen molar-refractivity contribution >= 4 is 11.7 Å². The normalized spacial score (nSPS) is 20.3. The first-order chi connectivity index (χ1) is 16.2. The second-order valence-corrected chi connectivity index (χ2v) is 9.23. The maximum atomic E-state index is 12.8. The van der Waals surface area contributed by atoms with Crippen LogP contribution in [-0.2, 0) is 4.79 Å². The SMILES string of the molecule is N#Cc1ccc(-c2ccc(N3CCN(CC(=O)N4CCN(C5CCC5)CC4)CC3)nn2)cc1. The lowest BCUT2D eigenvalue weighted by Crippen LogP contribution is -2.56. The van der Waals surface area contributed by atoms with E-state index in [4.69, 9.17) is 5.26 Å². The average molecular weight is 446 g/mol. The number of carbonyl (C=O) groups is 1. The zero-order valence-corrected chi connectivity index (χ0v) is 19.1. The molecule has 2 aliphatic heterocycles. The highest BCUT2D eigenvalue weighted by Gasteiger charge is 2.30. The van der Waals surface area contributed by atoms with Crippen molar-refractivity contribution in [3.63, 3.8) is 0 Å².